The minimum Gasteiger partial charge on any atom is -0.168 e. The van der Waals surface area contributed by atoms with Gasteiger partial charge in [-0.25, -0.2) is 0 Å². The van der Waals surface area contributed by atoms with E-state index >= 15 is 0 Å². The third-order valence-electron chi connectivity index (χ3n) is 1.30. The van der Waals surface area contributed by atoms with Crippen molar-refractivity contribution in [3.63, 3.8) is 0 Å². The first-order valence-electron chi connectivity index (χ1n) is 2.94. The lowest BCUT2D eigenvalue weighted by Crippen LogP contribution is -2.53. The van der Waals surface area contributed by atoms with E-state index in [4.69, 9.17) is 11.6 Å². The molecule has 68 valence electrons. The molecule has 0 aliphatic heterocycles. The summed E-state index contributed by atoms with van der Waals surface area (Å²) in [5.41, 5.74) is 0. The summed E-state index contributed by atoms with van der Waals surface area (Å²) in [6.07, 6.45) is -4.38. The van der Waals surface area contributed by atoms with Crippen molar-refractivity contribution >= 4 is 35.6 Å². The second-order valence-corrected chi connectivity index (χ2v) is 11.8. The Kier molecular flexibility index (Phi) is 3.13. The summed E-state index contributed by atoms with van der Waals surface area (Å²) in [6, 6.07) is 0. The van der Waals surface area contributed by atoms with Crippen LogP contribution in [0.1, 0.15) is 0 Å². The average molecular weight is 270 g/mol. The molecule has 0 saturated carbocycles. The molecule has 0 nitrogen and oxygen atoms in total. The summed E-state index contributed by atoms with van der Waals surface area (Å²) >= 11 is 7.87. The van der Waals surface area contributed by atoms with E-state index in [1.807, 2.05) is 0 Å². The van der Waals surface area contributed by atoms with Crippen molar-refractivity contribution < 1.29 is 13.2 Å². The van der Waals surface area contributed by atoms with Crippen LogP contribution in [0.3, 0.4) is 0 Å². The monoisotopic (exact) mass is 268 g/mol. The molecule has 0 aromatic carbocycles. The average Bonchev–Trinajstić information content (AvgIpc) is 1.58. The lowest BCUT2D eigenvalue weighted by Gasteiger charge is -2.34. The van der Waals surface area contributed by atoms with Gasteiger partial charge < -0.3 is 0 Å². The predicted octanol–water partition coefficient (Wildman–Crippen LogP) is 3.76. The highest BCUT2D eigenvalue weighted by Gasteiger charge is 2.59. The van der Waals surface area contributed by atoms with E-state index in [1.165, 1.54) is 0 Å². The highest BCUT2D eigenvalue weighted by molar-refractivity contribution is 9.11. The van der Waals surface area contributed by atoms with Crippen LogP contribution in [-0.4, -0.2) is 17.7 Å². The highest BCUT2D eigenvalue weighted by Crippen LogP contribution is 2.47. The van der Waals surface area contributed by atoms with Gasteiger partial charge in [0, 0.05) is 0 Å². The van der Waals surface area contributed by atoms with E-state index in [2.05, 4.69) is 15.9 Å². The molecule has 0 heterocycles. The Labute approximate surface area is 78.2 Å². The van der Waals surface area contributed by atoms with Crippen molar-refractivity contribution in [2.24, 2.45) is 0 Å². The molecule has 0 spiro atoms. The van der Waals surface area contributed by atoms with Gasteiger partial charge in [-0.1, -0.05) is 35.6 Å². The summed E-state index contributed by atoms with van der Waals surface area (Å²) in [5.74, 6) is 0. The van der Waals surface area contributed by atoms with Crippen LogP contribution in [0.2, 0.25) is 19.6 Å². The number of alkyl halides is 5. The summed E-state index contributed by atoms with van der Waals surface area (Å²) in [6.45, 7) is 4.67. The Bertz CT molecular complexity index is 133. The molecule has 0 amide bonds. The second-order valence-electron chi connectivity index (χ2n) is 3.32. The van der Waals surface area contributed by atoms with Gasteiger partial charge in [0.15, 0.2) is 3.41 Å². The third kappa shape index (κ3) is 2.35. The quantitative estimate of drug-likeness (QED) is 0.502. The SMILES string of the molecule is C[Si](C)(C)C(Cl)(Br)C(F)(F)F. The van der Waals surface area contributed by atoms with E-state index < -0.39 is 17.7 Å². The van der Waals surface area contributed by atoms with Crippen molar-refractivity contribution in [2.45, 2.75) is 29.2 Å². The fraction of sp³-hybridized carbons (Fsp3) is 1.00. The van der Waals surface area contributed by atoms with Gasteiger partial charge in [0.25, 0.3) is 0 Å². The van der Waals surface area contributed by atoms with Gasteiger partial charge in [0.2, 0.25) is 0 Å². The van der Waals surface area contributed by atoms with Crippen LogP contribution >= 0.6 is 27.5 Å². The van der Waals surface area contributed by atoms with E-state index in [1.54, 1.807) is 19.6 Å². The number of halogens is 5. The van der Waals surface area contributed by atoms with Gasteiger partial charge in [0.05, 0.1) is 8.07 Å². The van der Waals surface area contributed by atoms with Crippen LogP contribution in [0.25, 0.3) is 0 Å². The molecule has 0 aliphatic carbocycles. The minimum atomic E-state index is -4.38. The van der Waals surface area contributed by atoms with Crippen LogP contribution in [-0.2, 0) is 0 Å². The largest absolute Gasteiger partial charge is 0.414 e. The Morgan fingerprint density at radius 2 is 1.45 bits per heavy atom. The van der Waals surface area contributed by atoms with Gasteiger partial charge in [-0.15, -0.1) is 11.6 Å². The molecule has 1 unspecified atom stereocenters. The van der Waals surface area contributed by atoms with E-state index in [9.17, 15) is 13.2 Å². The van der Waals surface area contributed by atoms with Crippen LogP contribution in [0.15, 0.2) is 0 Å². The van der Waals surface area contributed by atoms with E-state index in [0.717, 1.165) is 0 Å². The molecule has 1 atom stereocenters. The smallest absolute Gasteiger partial charge is 0.168 e. The molecule has 0 aromatic heterocycles. The molecule has 0 rings (SSSR count). The zero-order chi connectivity index (χ0) is 9.50. The molecular weight excluding hydrogens is 260 g/mol. The van der Waals surface area contributed by atoms with Gasteiger partial charge in [-0.05, 0) is 0 Å². The van der Waals surface area contributed by atoms with Crippen molar-refractivity contribution in [2.75, 3.05) is 0 Å². The lowest BCUT2D eigenvalue weighted by molar-refractivity contribution is -0.123. The molecule has 0 saturated heterocycles. The summed E-state index contributed by atoms with van der Waals surface area (Å²) in [4.78, 5) is 0. The molecular formula is C5H9BrClF3Si. The maximum absolute atomic E-state index is 12.2. The van der Waals surface area contributed by atoms with Gasteiger partial charge >= 0.3 is 6.18 Å². The zero-order valence-corrected chi connectivity index (χ0v) is 9.73. The van der Waals surface area contributed by atoms with Crippen LogP contribution in [0.5, 0.6) is 0 Å². The molecule has 0 N–H and O–H groups in total. The first-order valence-corrected chi connectivity index (χ1v) is 7.62. The number of hydrogen-bond donors (Lipinski definition) is 0. The van der Waals surface area contributed by atoms with Crippen molar-refractivity contribution in [3.8, 4) is 0 Å². The zero-order valence-electron chi connectivity index (χ0n) is 6.39. The van der Waals surface area contributed by atoms with Crippen molar-refractivity contribution in [3.05, 3.63) is 0 Å². The Hall–Kier alpha value is 0.777. The Morgan fingerprint density at radius 3 is 1.45 bits per heavy atom. The Balaban J connectivity index is 4.75. The van der Waals surface area contributed by atoms with Crippen LogP contribution < -0.4 is 0 Å². The molecule has 0 bridgehead atoms. The van der Waals surface area contributed by atoms with Gasteiger partial charge in [-0.3, -0.25) is 0 Å². The molecule has 0 radical (unpaired) electrons. The van der Waals surface area contributed by atoms with Crippen molar-refractivity contribution in [1.29, 1.82) is 0 Å². The molecule has 0 aromatic rings. The Morgan fingerprint density at radius 1 is 1.18 bits per heavy atom. The number of hydrogen-bond acceptors (Lipinski definition) is 0. The van der Waals surface area contributed by atoms with E-state index in [0.29, 0.717) is 0 Å². The minimum absolute atomic E-state index is 1.56. The third-order valence-corrected chi connectivity index (χ3v) is 9.40. The maximum Gasteiger partial charge on any atom is 0.414 e. The normalized spacial score (nSPS) is 19.6. The topological polar surface area (TPSA) is 0 Å². The summed E-state index contributed by atoms with van der Waals surface area (Å²) < 4.78 is 34.4. The highest BCUT2D eigenvalue weighted by atomic mass is 79.9. The number of rotatable bonds is 1. The molecule has 0 aliphatic rings. The summed E-state index contributed by atoms with van der Waals surface area (Å²) in [5, 5.41) is 0. The standard InChI is InChI=1S/C5H9BrClF3Si/c1-11(2,3)4(6,7)5(8,9)10/h1-3H3. The molecule has 11 heavy (non-hydrogen) atoms. The predicted molar refractivity (Wildman–Crippen MR) is 46.9 cm³/mol. The van der Waals surface area contributed by atoms with Crippen molar-refractivity contribution in [1.82, 2.24) is 0 Å². The van der Waals surface area contributed by atoms with Gasteiger partial charge in [-0.2, -0.15) is 13.2 Å². The van der Waals surface area contributed by atoms with Crippen LogP contribution in [0.4, 0.5) is 13.2 Å². The molecule has 0 fully saturated rings. The maximum atomic E-state index is 12.2. The summed E-state index contributed by atoms with van der Waals surface area (Å²) in [7, 11) is -2.46. The van der Waals surface area contributed by atoms with E-state index in [-0.39, 0.29) is 0 Å². The first kappa shape index (κ1) is 11.8. The first-order chi connectivity index (χ1) is 4.50. The fourth-order valence-corrected chi connectivity index (χ4v) is 1.28. The van der Waals surface area contributed by atoms with Gasteiger partial charge in [0.1, 0.15) is 0 Å². The fourth-order valence-electron chi connectivity index (χ4n) is 0.425. The molecule has 6 heteroatoms. The lowest BCUT2D eigenvalue weighted by atomic mass is 10.8. The van der Waals surface area contributed by atoms with Crippen LogP contribution in [0, 0.1) is 0 Å². The second kappa shape index (κ2) is 2.92.